The lowest BCUT2D eigenvalue weighted by molar-refractivity contribution is 0.628. The number of halogens is 1. The number of pyridine rings is 1. The average molecular weight is 456 g/mol. The summed E-state index contributed by atoms with van der Waals surface area (Å²) in [7, 11) is 0. The van der Waals surface area contributed by atoms with Gasteiger partial charge in [0, 0.05) is 24.0 Å². The first-order valence-corrected chi connectivity index (χ1v) is 11.6. The summed E-state index contributed by atoms with van der Waals surface area (Å²) in [6.45, 7) is 8.34. The zero-order valence-corrected chi connectivity index (χ0v) is 20.1. The Balaban J connectivity index is 1.68. The van der Waals surface area contributed by atoms with E-state index in [4.69, 9.17) is 9.97 Å². The zero-order chi connectivity index (χ0) is 24.1. The molecule has 0 saturated carbocycles. The van der Waals surface area contributed by atoms with E-state index in [0.717, 1.165) is 46.7 Å². The van der Waals surface area contributed by atoms with E-state index in [2.05, 4.69) is 42.4 Å². The fraction of sp³-hybridized carbons (Fsp3) is 0.250. The van der Waals surface area contributed by atoms with Crippen molar-refractivity contribution in [3.63, 3.8) is 0 Å². The summed E-state index contributed by atoms with van der Waals surface area (Å²) in [6, 6.07) is 12.5. The van der Waals surface area contributed by atoms with Crippen LogP contribution in [0.3, 0.4) is 0 Å². The molecule has 6 heteroatoms. The van der Waals surface area contributed by atoms with Crippen LogP contribution < -0.4 is 5.32 Å². The number of fused-ring (bicyclic) bond motifs is 1. The van der Waals surface area contributed by atoms with Crippen LogP contribution in [-0.4, -0.2) is 25.4 Å². The molecule has 0 unspecified atom stereocenters. The molecule has 0 spiro atoms. The van der Waals surface area contributed by atoms with Gasteiger partial charge in [0.15, 0.2) is 0 Å². The molecule has 0 bridgehead atoms. The highest BCUT2D eigenvalue weighted by molar-refractivity contribution is 5.80. The Morgan fingerprint density at radius 2 is 1.94 bits per heavy atom. The van der Waals surface area contributed by atoms with Gasteiger partial charge in [-0.25, -0.2) is 19.3 Å². The first kappa shape index (κ1) is 23.4. The fourth-order valence-corrected chi connectivity index (χ4v) is 4.00. The number of aryl methyl sites for hydroxylation is 1. The van der Waals surface area contributed by atoms with Crippen molar-refractivity contribution in [2.24, 2.45) is 0 Å². The van der Waals surface area contributed by atoms with Crippen LogP contribution in [0.5, 0.6) is 0 Å². The zero-order valence-electron chi connectivity index (χ0n) is 20.1. The van der Waals surface area contributed by atoms with Crippen molar-refractivity contribution in [2.75, 3.05) is 5.32 Å². The van der Waals surface area contributed by atoms with Gasteiger partial charge in [-0.15, -0.1) is 0 Å². The summed E-state index contributed by atoms with van der Waals surface area (Å²) in [5.74, 6) is 0.292. The van der Waals surface area contributed by atoms with Gasteiger partial charge in [-0.3, -0.25) is 4.40 Å². The first-order chi connectivity index (χ1) is 16.4. The Kier molecular flexibility index (Phi) is 7.16. The third-order valence-electron chi connectivity index (χ3n) is 5.64. The molecule has 0 fully saturated rings. The Morgan fingerprint density at radius 1 is 1.15 bits per heavy atom. The van der Waals surface area contributed by atoms with E-state index >= 15 is 0 Å². The van der Waals surface area contributed by atoms with E-state index < -0.39 is 0 Å². The average Bonchev–Trinajstić information content (AvgIpc) is 3.18. The molecule has 4 rings (SSSR count). The summed E-state index contributed by atoms with van der Waals surface area (Å²) in [5, 5.41) is 3.43. The van der Waals surface area contributed by atoms with Crippen molar-refractivity contribution < 1.29 is 4.39 Å². The standard InChI is InChI=1S/C28H30FN5/c1-5-6-7-8-19(2)17-21(4)31-28-30-15-13-24(32-28)27-26(22-9-11-23(29)12-10-22)33-25-18-20(3)14-16-34(25)27/h5-6,8-16,18,21H,7,17H2,1-4H3,(H,30,31,32)/b6-5-,19-8+/t21-/m0/s1. The van der Waals surface area contributed by atoms with Crippen LogP contribution in [0.2, 0.25) is 0 Å². The quantitative estimate of drug-likeness (QED) is 0.290. The van der Waals surface area contributed by atoms with E-state index in [1.165, 1.54) is 17.7 Å². The van der Waals surface area contributed by atoms with E-state index in [1.807, 2.05) is 42.6 Å². The number of benzene rings is 1. The third-order valence-corrected chi connectivity index (χ3v) is 5.64. The lowest BCUT2D eigenvalue weighted by Crippen LogP contribution is -2.17. The van der Waals surface area contributed by atoms with Crippen molar-refractivity contribution in [2.45, 2.75) is 46.6 Å². The number of nitrogens with one attached hydrogen (secondary N) is 1. The Hall–Kier alpha value is -3.80. The largest absolute Gasteiger partial charge is 0.351 e. The molecule has 0 amide bonds. The SMILES string of the molecule is C/C=C\C/C=C(\C)C[C@H](C)Nc1nccc(-c2c(-c3ccc(F)cc3)nc3cc(C)ccn23)n1. The smallest absolute Gasteiger partial charge is 0.223 e. The highest BCUT2D eigenvalue weighted by atomic mass is 19.1. The molecule has 174 valence electrons. The van der Waals surface area contributed by atoms with Crippen molar-refractivity contribution in [1.29, 1.82) is 0 Å². The summed E-state index contributed by atoms with van der Waals surface area (Å²) in [6.07, 6.45) is 12.0. The van der Waals surface area contributed by atoms with Gasteiger partial charge < -0.3 is 5.32 Å². The number of rotatable bonds is 8. The monoisotopic (exact) mass is 455 g/mol. The van der Waals surface area contributed by atoms with Crippen LogP contribution >= 0.6 is 0 Å². The molecular weight excluding hydrogens is 425 g/mol. The predicted molar refractivity (Wildman–Crippen MR) is 137 cm³/mol. The summed E-state index contributed by atoms with van der Waals surface area (Å²) < 4.78 is 15.6. The third kappa shape index (κ3) is 5.39. The second-order valence-corrected chi connectivity index (χ2v) is 8.62. The van der Waals surface area contributed by atoms with E-state index in [0.29, 0.717) is 5.95 Å². The molecule has 5 nitrogen and oxygen atoms in total. The van der Waals surface area contributed by atoms with E-state index in [1.54, 1.807) is 18.3 Å². The van der Waals surface area contributed by atoms with Crippen LogP contribution in [-0.2, 0) is 0 Å². The minimum absolute atomic E-state index is 0.179. The molecule has 1 atom stereocenters. The molecule has 0 saturated heterocycles. The van der Waals surface area contributed by atoms with Gasteiger partial charge in [0.2, 0.25) is 5.95 Å². The maximum Gasteiger partial charge on any atom is 0.223 e. The number of allylic oxidation sites excluding steroid dienone is 3. The maximum absolute atomic E-state index is 13.6. The summed E-state index contributed by atoms with van der Waals surface area (Å²) in [4.78, 5) is 14.1. The fourth-order valence-electron chi connectivity index (χ4n) is 4.00. The molecule has 4 aromatic rings. The number of hydrogen-bond acceptors (Lipinski definition) is 4. The lowest BCUT2D eigenvalue weighted by Gasteiger charge is -2.15. The van der Waals surface area contributed by atoms with Gasteiger partial charge >= 0.3 is 0 Å². The number of imidazole rings is 1. The van der Waals surface area contributed by atoms with Gasteiger partial charge in [0.05, 0.1) is 17.1 Å². The van der Waals surface area contributed by atoms with Crippen molar-refractivity contribution in [3.8, 4) is 22.6 Å². The highest BCUT2D eigenvalue weighted by Crippen LogP contribution is 2.32. The molecule has 0 radical (unpaired) electrons. The van der Waals surface area contributed by atoms with Gasteiger partial charge in [-0.2, -0.15) is 0 Å². The topological polar surface area (TPSA) is 55.1 Å². The Bertz CT molecular complexity index is 1330. The second-order valence-electron chi connectivity index (χ2n) is 8.62. The molecule has 0 aliphatic heterocycles. The molecule has 3 heterocycles. The van der Waals surface area contributed by atoms with Gasteiger partial charge in [-0.05, 0) is 88.6 Å². The number of anilines is 1. The molecule has 1 aromatic carbocycles. The van der Waals surface area contributed by atoms with Crippen LogP contribution in [0.25, 0.3) is 28.3 Å². The molecular formula is C28H30FN5. The second kappa shape index (κ2) is 10.4. The van der Waals surface area contributed by atoms with Gasteiger partial charge in [0.1, 0.15) is 11.5 Å². The predicted octanol–water partition coefficient (Wildman–Crippen LogP) is 7.01. The van der Waals surface area contributed by atoms with Gasteiger partial charge in [0.25, 0.3) is 0 Å². The molecule has 0 aliphatic rings. The Labute approximate surface area is 200 Å². The number of hydrogen-bond donors (Lipinski definition) is 1. The number of aromatic nitrogens is 4. The van der Waals surface area contributed by atoms with Crippen molar-refractivity contribution >= 4 is 11.6 Å². The summed E-state index contributed by atoms with van der Waals surface area (Å²) in [5.41, 5.74) is 6.45. The lowest BCUT2D eigenvalue weighted by atomic mass is 10.1. The molecule has 3 aromatic heterocycles. The van der Waals surface area contributed by atoms with Crippen LogP contribution in [0.4, 0.5) is 10.3 Å². The van der Waals surface area contributed by atoms with Crippen LogP contribution in [0.1, 0.15) is 39.2 Å². The van der Waals surface area contributed by atoms with Crippen LogP contribution in [0.15, 0.2) is 78.7 Å². The van der Waals surface area contributed by atoms with Crippen molar-refractivity contribution in [1.82, 2.24) is 19.4 Å². The van der Waals surface area contributed by atoms with Gasteiger partial charge in [-0.1, -0.05) is 23.8 Å². The van der Waals surface area contributed by atoms with E-state index in [9.17, 15) is 4.39 Å². The Morgan fingerprint density at radius 3 is 2.71 bits per heavy atom. The van der Waals surface area contributed by atoms with E-state index in [-0.39, 0.29) is 11.9 Å². The maximum atomic E-state index is 13.6. The molecule has 0 aliphatic carbocycles. The molecule has 1 N–H and O–H groups in total. The highest BCUT2D eigenvalue weighted by Gasteiger charge is 2.18. The normalized spacial score (nSPS) is 13.0. The summed E-state index contributed by atoms with van der Waals surface area (Å²) >= 11 is 0. The number of nitrogens with zero attached hydrogens (tertiary/aromatic N) is 4. The first-order valence-electron chi connectivity index (χ1n) is 11.6. The molecule has 34 heavy (non-hydrogen) atoms. The van der Waals surface area contributed by atoms with Crippen LogP contribution in [0, 0.1) is 12.7 Å². The van der Waals surface area contributed by atoms with Crippen molar-refractivity contribution in [3.05, 3.63) is 90.0 Å². The minimum Gasteiger partial charge on any atom is -0.351 e. The minimum atomic E-state index is -0.275.